The summed E-state index contributed by atoms with van der Waals surface area (Å²) < 4.78 is 0. The number of nitrogens with zero attached hydrogens (tertiary/aromatic N) is 1. The number of rotatable bonds is 6. The first-order valence-electron chi connectivity index (χ1n) is 8.61. The third-order valence-corrected chi connectivity index (χ3v) is 4.62. The van der Waals surface area contributed by atoms with E-state index in [2.05, 4.69) is 5.32 Å². The molecular formula is C18H32N2O3. The Bertz CT molecular complexity index is 452. The van der Waals surface area contributed by atoms with Crippen molar-refractivity contribution in [3.63, 3.8) is 0 Å². The van der Waals surface area contributed by atoms with Gasteiger partial charge in [0.15, 0.2) is 0 Å². The number of amides is 2. The van der Waals surface area contributed by atoms with E-state index in [-0.39, 0.29) is 17.9 Å². The van der Waals surface area contributed by atoms with Crippen LogP contribution >= 0.6 is 0 Å². The zero-order chi connectivity index (χ0) is 17.8. The number of carbonyl (C=O) groups excluding carboxylic acids is 3. The van der Waals surface area contributed by atoms with E-state index < -0.39 is 16.9 Å². The van der Waals surface area contributed by atoms with Gasteiger partial charge in [-0.25, -0.2) is 0 Å². The number of hydrogen-bond acceptors (Lipinski definition) is 3. The van der Waals surface area contributed by atoms with Crippen molar-refractivity contribution >= 4 is 18.1 Å². The zero-order valence-electron chi connectivity index (χ0n) is 15.4. The van der Waals surface area contributed by atoms with Crippen LogP contribution in [0.2, 0.25) is 0 Å². The molecule has 0 radical (unpaired) electrons. The fourth-order valence-electron chi connectivity index (χ4n) is 3.09. The smallest absolute Gasteiger partial charge is 0.246 e. The molecular weight excluding hydrogens is 292 g/mol. The van der Waals surface area contributed by atoms with Gasteiger partial charge in [0.1, 0.15) is 12.3 Å². The second-order valence-electron chi connectivity index (χ2n) is 8.28. The van der Waals surface area contributed by atoms with E-state index in [0.717, 1.165) is 25.5 Å². The highest BCUT2D eigenvalue weighted by atomic mass is 16.2. The van der Waals surface area contributed by atoms with Gasteiger partial charge in [-0.1, -0.05) is 48.0 Å². The van der Waals surface area contributed by atoms with Gasteiger partial charge in [0.25, 0.3) is 0 Å². The Hall–Kier alpha value is -1.39. The third kappa shape index (κ3) is 4.79. The summed E-state index contributed by atoms with van der Waals surface area (Å²) in [7, 11) is 0. The normalized spacial score (nSPS) is 20.3. The Kier molecular flexibility index (Phi) is 6.37. The molecule has 1 aliphatic rings. The standard InChI is InChI=1S/C18H32N2O3/c1-7-10-18(5,6)16(23)19-14(17(2,3)4)15(22)20-11-8-9-13(20)12-21/h12-14H,7-11H2,1-6H3,(H,19,23)/t13-,14+/m1/s1. The van der Waals surface area contributed by atoms with Crippen LogP contribution in [0.5, 0.6) is 0 Å². The quantitative estimate of drug-likeness (QED) is 0.764. The summed E-state index contributed by atoms with van der Waals surface area (Å²) in [4.78, 5) is 38.4. The summed E-state index contributed by atoms with van der Waals surface area (Å²) in [6, 6.07) is -0.973. The Balaban J connectivity index is 2.95. The summed E-state index contributed by atoms with van der Waals surface area (Å²) in [5.74, 6) is -0.248. The van der Waals surface area contributed by atoms with Crippen molar-refractivity contribution in [2.24, 2.45) is 10.8 Å². The first-order valence-corrected chi connectivity index (χ1v) is 8.61. The monoisotopic (exact) mass is 324 g/mol. The molecule has 1 aliphatic heterocycles. The first kappa shape index (κ1) is 19.7. The van der Waals surface area contributed by atoms with Gasteiger partial charge in [-0.15, -0.1) is 0 Å². The molecule has 132 valence electrons. The van der Waals surface area contributed by atoms with E-state index in [1.54, 1.807) is 4.90 Å². The van der Waals surface area contributed by atoms with Crippen LogP contribution in [0.3, 0.4) is 0 Å². The third-order valence-electron chi connectivity index (χ3n) is 4.62. The highest BCUT2D eigenvalue weighted by Gasteiger charge is 2.41. The summed E-state index contributed by atoms with van der Waals surface area (Å²) in [5, 5.41) is 2.96. The van der Waals surface area contributed by atoms with Gasteiger partial charge >= 0.3 is 0 Å². The fraction of sp³-hybridized carbons (Fsp3) is 0.833. The van der Waals surface area contributed by atoms with Crippen molar-refractivity contribution in [2.75, 3.05) is 6.54 Å². The number of likely N-dealkylation sites (tertiary alicyclic amines) is 1. The Labute approximate surface area is 140 Å². The lowest BCUT2D eigenvalue weighted by atomic mass is 9.82. The predicted molar refractivity (Wildman–Crippen MR) is 90.9 cm³/mol. The van der Waals surface area contributed by atoms with Crippen molar-refractivity contribution < 1.29 is 14.4 Å². The van der Waals surface area contributed by atoms with Gasteiger partial charge in [0.2, 0.25) is 11.8 Å². The maximum Gasteiger partial charge on any atom is 0.246 e. The van der Waals surface area contributed by atoms with E-state index in [0.29, 0.717) is 13.0 Å². The Morgan fingerprint density at radius 2 is 1.87 bits per heavy atom. The second kappa shape index (κ2) is 7.45. The number of carbonyl (C=O) groups is 3. The molecule has 0 bridgehead atoms. The van der Waals surface area contributed by atoms with Crippen molar-refractivity contribution in [3.05, 3.63) is 0 Å². The van der Waals surface area contributed by atoms with E-state index >= 15 is 0 Å². The molecule has 2 amide bonds. The van der Waals surface area contributed by atoms with E-state index in [9.17, 15) is 14.4 Å². The lowest BCUT2D eigenvalue weighted by Gasteiger charge is -2.36. The van der Waals surface area contributed by atoms with Gasteiger partial charge in [-0.2, -0.15) is 0 Å². The molecule has 0 aromatic carbocycles. The van der Waals surface area contributed by atoms with Crippen LogP contribution in [0.4, 0.5) is 0 Å². The maximum absolute atomic E-state index is 12.9. The number of nitrogens with one attached hydrogen (secondary N) is 1. The largest absolute Gasteiger partial charge is 0.343 e. The zero-order valence-corrected chi connectivity index (χ0v) is 15.4. The highest BCUT2D eigenvalue weighted by Crippen LogP contribution is 2.28. The molecule has 1 heterocycles. The molecule has 0 spiro atoms. The highest BCUT2D eigenvalue weighted by molar-refractivity contribution is 5.91. The van der Waals surface area contributed by atoms with Gasteiger partial charge in [-0.05, 0) is 24.7 Å². The van der Waals surface area contributed by atoms with Crippen LogP contribution in [-0.2, 0) is 14.4 Å². The van der Waals surface area contributed by atoms with E-state index in [4.69, 9.17) is 0 Å². The van der Waals surface area contributed by atoms with Gasteiger partial charge < -0.3 is 15.0 Å². The fourth-order valence-corrected chi connectivity index (χ4v) is 3.09. The molecule has 23 heavy (non-hydrogen) atoms. The lowest BCUT2D eigenvalue weighted by Crippen LogP contribution is -2.57. The van der Waals surface area contributed by atoms with Gasteiger partial charge in [0, 0.05) is 12.0 Å². The SMILES string of the molecule is CCCC(C)(C)C(=O)N[C@@H](C(=O)N1CCC[C@@H]1C=O)C(C)(C)C. The Morgan fingerprint density at radius 3 is 2.35 bits per heavy atom. The van der Waals surface area contributed by atoms with Crippen LogP contribution < -0.4 is 5.32 Å². The lowest BCUT2D eigenvalue weighted by molar-refractivity contribution is -0.143. The van der Waals surface area contributed by atoms with E-state index in [1.807, 2.05) is 41.5 Å². The summed E-state index contributed by atoms with van der Waals surface area (Å²) in [6.07, 6.45) is 4.06. The molecule has 1 N–H and O–H groups in total. The second-order valence-corrected chi connectivity index (χ2v) is 8.28. The summed E-state index contributed by atoms with van der Waals surface area (Å²) in [5.41, 5.74) is -0.918. The molecule has 1 saturated heterocycles. The van der Waals surface area contributed by atoms with E-state index in [1.165, 1.54) is 0 Å². The van der Waals surface area contributed by atoms with Crippen LogP contribution in [0.15, 0.2) is 0 Å². The molecule has 0 aromatic rings. The minimum Gasteiger partial charge on any atom is -0.343 e. The Morgan fingerprint density at radius 1 is 1.26 bits per heavy atom. The number of hydrogen-bond donors (Lipinski definition) is 1. The van der Waals surface area contributed by atoms with Crippen molar-refractivity contribution in [1.82, 2.24) is 10.2 Å². The molecule has 2 atom stereocenters. The van der Waals surface area contributed by atoms with Crippen molar-refractivity contribution in [2.45, 2.75) is 79.3 Å². The molecule has 5 nitrogen and oxygen atoms in total. The average Bonchev–Trinajstić information content (AvgIpc) is 2.90. The van der Waals surface area contributed by atoms with Crippen molar-refractivity contribution in [1.29, 1.82) is 0 Å². The van der Waals surface area contributed by atoms with Crippen LogP contribution in [0.25, 0.3) is 0 Å². The number of aldehydes is 1. The predicted octanol–water partition coefficient (Wildman–Crippen LogP) is 2.53. The van der Waals surface area contributed by atoms with Crippen molar-refractivity contribution in [3.8, 4) is 0 Å². The molecule has 0 aromatic heterocycles. The minimum atomic E-state index is -0.619. The van der Waals surface area contributed by atoms with Crippen LogP contribution in [-0.4, -0.2) is 41.6 Å². The van der Waals surface area contributed by atoms with Gasteiger partial charge in [-0.3, -0.25) is 9.59 Å². The molecule has 0 aliphatic carbocycles. The summed E-state index contributed by atoms with van der Waals surface area (Å²) >= 11 is 0. The molecule has 1 rings (SSSR count). The molecule has 0 saturated carbocycles. The van der Waals surface area contributed by atoms with Gasteiger partial charge in [0.05, 0.1) is 6.04 Å². The van der Waals surface area contributed by atoms with Crippen LogP contribution in [0.1, 0.15) is 67.2 Å². The first-order chi connectivity index (χ1) is 10.5. The van der Waals surface area contributed by atoms with Crippen LogP contribution in [0, 0.1) is 10.8 Å². The molecule has 1 fully saturated rings. The molecule has 0 unspecified atom stereocenters. The maximum atomic E-state index is 12.9. The average molecular weight is 324 g/mol. The topological polar surface area (TPSA) is 66.5 Å². The minimum absolute atomic E-state index is 0.102. The summed E-state index contributed by atoms with van der Waals surface area (Å²) in [6.45, 7) is 12.3. The molecule has 5 heteroatoms.